The SMILES string of the molecule is CNC(=O)N[C@H](C)[C@@H](O)[C@@H](C)[C@@H]1OC(=O)/C=C/C=C(C)\C=C\[C@]2(C)CCC=C[C@@H]2/C=C(C)/C=C/[C@H]1C. The number of carbonyl (C=O) groups is 2. The Morgan fingerprint density at radius 3 is 2.58 bits per heavy atom. The Morgan fingerprint density at radius 2 is 1.89 bits per heavy atom. The molecule has 6 heteroatoms. The third-order valence-corrected chi connectivity index (χ3v) is 7.30. The molecule has 3 N–H and O–H groups in total. The second kappa shape index (κ2) is 13.4. The van der Waals surface area contributed by atoms with Crippen molar-refractivity contribution < 1.29 is 19.4 Å². The molecule has 0 radical (unpaired) electrons. The number of esters is 1. The van der Waals surface area contributed by atoms with Gasteiger partial charge in [0, 0.05) is 30.9 Å². The molecule has 2 rings (SSSR count). The summed E-state index contributed by atoms with van der Waals surface area (Å²) in [6.45, 7) is 11.9. The highest BCUT2D eigenvalue weighted by molar-refractivity contribution is 5.82. The van der Waals surface area contributed by atoms with Gasteiger partial charge in [-0.1, -0.05) is 86.6 Å². The normalized spacial score (nSPS) is 35.3. The number of rotatable bonds is 4. The standard InChI is InChI=1S/C30H44N2O4/c1-20-11-10-13-26(33)36-28(23(4)27(34)24(5)32-29(35)31-7)22(3)15-14-21(2)19-25-12-8-9-17-30(25,6)18-16-20/h8,10-16,18-19,22-25,27-28,34H,9,17H2,1-7H3,(H2,31,32,35)/b13-10+,15-14+,18-16+,20-11-,21-19+/t22-,23-,24-,25-,27+,28-,30+/m1/s1. The average Bonchev–Trinajstić information content (AvgIpc) is 2.84. The van der Waals surface area contributed by atoms with E-state index < -0.39 is 30.1 Å². The Bertz CT molecular complexity index is 958. The molecule has 0 aromatic carbocycles. The number of cyclic esters (lactones) is 1. The summed E-state index contributed by atoms with van der Waals surface area (Å²) < 4.78 is 5.86. The van der Waals surface area contributed by atoms with Crippen LogP contribution in [0.15, 0.2) is 71.9 Å². The monoisotopic (exact) mass is 496 g/mol. The molecular weight excluding hydrogens is 452 g/mol. The van der Waals surface area contributed by atoms with Crippen LogP contribution in [0.1, 0.15) is 54.4 Å². The first-order valence-corrected chi connectivity index (χ1v) is 12.9. The third-order valence-electron chi connectivity index (χ3n) is 7.30. The zero-order valence-corrected chi connectivity index (χ0v) is 22.8. The fourth-order valence-electron chi connectivity index (χ4n) is 4.75. The summed E-state index contributed by atoms with van der Waals surface area (Å²) in [5.74, 6) is -0.782. The topological polar surface area (TPSA) is 87.7 Å². The molecule has 198 valence electrons. The van der Waals surface area contributed by atoms with Crippen LogP contribution in [0.25, 0.3) is 0 Å². The van der Waals surface area contributed by atoms with Gasteiger partial charge in [-0.3, -0.25) is 0 Å². The van der Waals surface area contributed by atoms with Crippen LogP contribution >= 0.6 is 0 Å². The second-order valence-corrected chi connectivity index (χ2v) is 10.5. The lowest BCUT2D eigenvalue weighted by Gasteiger charge is -2.35. The van der Waals surface area contributed by atoms with E-state index in [0.29, 0.717) is 0 Å². The van der Waals surface area contributed by atoms with Crippen molar-refractivity contribution in [2.45, 2.75) is 72.6 Å². The van der Waals surface area contributed by atoms with Gasteiger partial charge in [0.25, 0.3) is 0 Å². The molecular formula is C30H44N2O4. The van der Waals surface area contributed by atoms with E-state index in [9.17, 15) is 14.7 Å². The predicted molar refractivity (Wildman–Crippen MR) is 146 cm³/mol. The number of hydrogen-bond acceptors (Lipinski definition) is 4. The fourth-order valence-corrected chi connectivity index (χ4v) is 4.75. The van der Waals surface area contributed by atoms with Gasteiger partial charge in [-0.25, -0.2) is 9.59 Å². The summed E-state index contributed by atoms with van der Waals surface area (Å²) >= 11 is 0. The maximum Gasteiger partial charge on any atom is 0.331 e. The minimum atomic E-state index is -0.914. The molecule has 0 saturated carbocycles. The van der Waals surface area contributed by atoms with Crippen LogP contribution in [0.4, 0.5) is 4.79 Å². The Balaban J connectivity index is 2.41. The van der Waals surface area contributed by atoms with Crippen LogP contribution in [-0.2, 0) is 9.53 Å². The summed E-state index contributed by atoms with van der Waals surface area (Å²) in [4.78, 5) is 24.4. The van der Waals surface area contributed by atoms with E-state index in [1.165, 1.54) is 13.1 Å². The van der Waals surface area contributed by atoms with Gasteiger partial charge in [-0.2, -0.15) is 0 Å². The molecule has 1 aliphatic heterocycles. The van der Waals surface area contributed by atoms with Crippen molar-refractivity contribution in [3.05, 3.63) is 71.9 Å². The molecule has 0 saturated heterocycles. The van der Waals surface area contributed by atoms with Gasteiger partial charge >= 0.3 is 12.0 Å². The van der Waals surface area contributed by atoms with Crippen LogP contribution in [0.5, 0.6) is 0 Å². The van der Waals surface area contributed by atoms with Crippen molar-refractivity contribution in [3.8, 4) is 0 Å². The molecule has 0 fully saturated rings. The van der Waals surface area contributed by atoms with Gasteiger partial charge in [0.15, 0.2) is 0 Å². The zero-order valence-electron chi connectivity index (χ0n) is 22.8. The molecule has 6 nitrogen and oxygen atoms in total. The van der Waals surface area contributed by atoms with E-state index >= 15 is 0 Å². The Labute approximate surface area is 217 Å². The lowest BCUT2D eigenvalue weighted by molar-refractivity contribution is -0.150. The van der Waals surface area contributed by atoms with Crippen molar-refractivity contribution in [2.75, 3.05) is 7.05 Å². The van der Waals surface area contributed by atoms with Gasteiger partial charge in [0.2, 0.25) is 0 Å². The van der Waals surface area contributed by atoms with Crippen molar-refractivity contribution in [1.82, 2.24) is 10.6 Å². The van der Waals surface area contributed by atoms with E-state index in [1.807, 2.05) is 32.9 Å². The number of ether oxygens (including phenoxy) is 1. The number of aliphatic hydroxyl groups excluding tert-OH is 1. The number of amides is 2. The molecule has 0 bridgehead atoms. The highest BCUT2D eigenvalue weighted by atomic mass is 16.5. The van der Waals surface area contributed by atoms with E-state index in [0.717, 1.165) is 24.0 Å². The van der Waals surface area contributed by atoms with Crippen molar-refractivity contribution in [3.63, 3.8) is 0 Å². The molecule has 7 atom stereocenters. The molecule has 1 aliphatic carbocycles. The third kappa shape index (κ3) is 8.37. The molecule has 0 unspecified atom stereocenters. The van der Waals surface area contributed by atoms with Gasteiger partial charge in [0.1, 0.15) is 6.10 Å². The number of fused-ring (bicyclic) bond motifs is 1. The molecule has 2 amide bonds. The fraction of sp³-hybridized carbons (Fsp3) is 0.533. The van der Waals surface area contributed by atoms with Crippen molar-refractivity contribution >= 4 is 12.0 Å². The quantitative estimate of drug-likeness (QED) is 0.359. The summed E-state index contributed by atoms with van der Waals surface area (Å²) in [5.41, 5.74) is 2.19. The highest BCUT2D eigenvalue weighted by Crippen LogP contribution is 2.40. The minimum absolute atomic E-state index is 0.0133. The zero-order chi connectivity index (χ0) is 26.9. The number of aliphatic hydroxyl groups is 1. The van der Waals surface area contributed by atoms with Gasteiger partial charge < -0.3 is 20.5 Å². The van der Waals surface area contributed by atoms with E-state index in [-0.39, 0.29) is 23.3 Å². The molecule has 0 aromatic rings. The first kappa shape index (κ1) is 29.4. The average molecular weight is 497 g/mol. The number of hydrogen-bond donors (Lipinski definition) is 3. The molecule has 0 spiro atoms. The van der Waals surface area contributed by atoms with Crippen molar-refractivity contribution in [1.29, 1.82) is 0 Å². The van der Waals surface area contributed by atoms with Gasteiger partial charge in [-0.05, 0) is 39.0 Å². The highest BCUT2D eigenvalue weighted by Gasteiger charge is 2.34. The summed E-state index contributed by atoms with van der Waals surface area (Å²) in [7, 11) is 1.52. The maximum atomic E-state index is 12.7. The smallest absolute Gasteiger partial charge is 0.331 e. The van der Waals surface area contributed by atoms with Crippen LogP contribution in [-0.4, -0.2) is 42.4 Å². The molecule has 36 heavy (non-hydrogen) atoms. The van der Waals surface area contributed by atoms with E-state index in [2.05, 4.69) is 60.9 Å². The summed E-state index contributed by atoms with van der Waals surface area (Å²) in [6.07, 6.45) is 21.0. The van der Waals surface area contributed by atoms with Crippen LogP contribution in [0.2, 0.25) is 0 Å². The lowest BCUT2D eigenvalue weighted by Crippen LogP contribution is -2.50. The predicted octanol–water partition coefficient (Wildman–Crippen LogP) is 5.40. The number of allylic oxidation sites excluding steroid dienone is 10. The van der Waals surface area contributed by atoms with Crippen LogP contribution in [0, 0.1) is 23.2 Å². The molecule has 1 heterocycles. The number of nitrogens with one attached hydrogen (secondary N) is 2. The maximum absolute atomic E-state index is 12.7. The van der Waals surface area contributed by atoms with E-state index in [4.69, 9.17) is 4.74 Å². The minimum Gasteiger partial charge on any atom is -0.458 e. The summed E-state index contributed by atoms with van der Waals surface area (Å²) in [6, 6.07) is -0.902. The molecule has 0 aromatic heterocycles. The van der Waals surface area contributed by atoms with Crippen LogP contribution in [0.3, 0.4) is 0 Å². The number of carbonyl (C=O) groups excluding carboxylic acids is 2. The Kier molecular flexibility index (Phi) is 11.0. The van der Waals surface area contributed by atoms with Crippen molar-refractivity contribution in [2.24, 2.45) is 23.2 Å². The lowest BCUT2D eigenvalue weighted by atomic mass is 9.69. The second-order valence-electron chi connectivity index (χ2n) is 10.5. The Morgan fingerprint density at radius 1 is 1.17 bits per heavy atom. The van der Waals surface area contributed by atoms with Gasteiger partial charge in [0.05, 0.1) is 12.1 Å². The first-order valence-electron chi connectivity index (χ1n) is 12.9. The molecule has 2 aliphatic rings. The van der Waals surface area contributed by atoms with Gasteiger partial charge in [-0.15, -0.1) is 0 Å². The number of urea groups is 1. The Hall–Kier alpha value is -2.86. The van der Waals surface area contributed by atoms with Crippen LogP contribution < -0.4 is 10.6 Å². The first-order chi connectivity index (χ1) is 17.0. The largest absolute Gasteiger partial charge is 0.458 e. The summed E-state index contributed by atoms with van der Waals surface area (Å²) in [5, 5.41) is 16.2. The van der Waals surface area contributed by atoms with E-state index in [1.54, 1.807) is 13.0 Å².